The second kappa shape index (κ2) is 6.52. The van der Waals surface area contributed by atoms with Gasteiger partial charge in [0.25, 0.3) is 0 Å². The summed E-state index contributed by atoms with van der Waals surface area (Å²) in [5.41, 5.74) is 1.40. The molecule has 0 unspecified atom stereocenters. The van der Waals surface area contributed by atoms with Crippen molar-refractivity contribution >= 4 is 17.3 Å². The summed E-state index contributed by atoms with van der Waals surface area (Å²) in [4.78, 5) is 13.8. The number of hydrogen-bond acceptors (Lipinski definition) is 3. The van der Waals surface area contributed by atoms with Gasteiger partial charge in [0, 0.05) is 19.5 Å². The molecular formula is C14H19FN2O2. The van der Waals surface area contributed by atoms with E-state index in [-0.39, 0.29) is 11.7 Å². The van der Waals surface area contributed by atoms with Gasteiger partial charge in [0.2, 0.25) is 5.91 Å². The van der Waals surface area contributed by atoms with Gasteiger partial charge < -0.3 is 15.0 Å². The average molecular weight is 266 g/mol. The first-order valence-corrected chi connectivity index (χ1v) is 6.63. The first kappa shape index (κ1) is 13.8. The molecule has 1 fully saturated rings. The van der Waals surface area contributed by atoms with E-state index in [1.165, 1.54) is 12.1 Å². The number of halogens is 1. The van der Waals surface area contributed by atoms with Crippen molar-refractivity contribution in [1.82, 2.24) is 0 Å². The Morgan fingerprint density at radius 2 is 2.16 bits per heavy atom. The summed E-state index contributed by atoms with van der Waals surface area (Å²) < 4.78 is 18.7. The third-order valence-corrected chi connectivity index (χ3v) is 3.06. The van der Waals surface area contributed by atoms with Gasteiger partial charge in [-0.15, -0.1) is 0 Å². The first-order chi connectivity index (χ1) is 9.20. The molecule has 0 radical (unpaired) electrons. The summed E-state index contributed by atoms with van der Waals surface area (Å²) in [5.74, 6) is -0.425. The van der Waals surface area contributed by atoms with Crippen molar-refractivity contribution < 1.29 is 13.9 Å². The molecule has 19 heavy (non-hydrogen) atoms. The predicted molar refractivity (Wildman–Crippen MR) is 73.0 cm³/mol. The molecule has 1 N–H and O–H groups in total. The number of anilines is 2. The third kappa shape index (κ3) is 3.67. The van der Waals surface area contributed by atoms with Gasteiger partial charge in [0.15, 0.2) is 0 Å². The lowest BCUT2D eigenvalue weighted by molar-refractivity contribution is -0.116. The lowest BCUT2D eigenvalue weighted by Gasteiger charge is -2.30. The maximum atomic E-state index is 13.4. The number of nitrogens with one attached hydrogen (secondary N) is 1. The van der Waals surface area contributed by atoms with Crippen LogP contribution in [0, 0.1) is 5.82 Å². The molecule has 4 nitrogen and oxygen atoms in total. The molecule has 1 aromatic rings. The molecule has 0 aliphatic carbocycles. The monoisotopic (exact) mass is 266 g/mol. The van der Waals surface area contributed by atoms with Crippen molar-refractivity contribution in [3.63, 3.8) is 0 Å². The number of nitrogens with zero attached hydrogens (tertiary/aromatic N) is 1. The highest BCUT2D eigenvalue weighted by Gasteiger charge is 2.16. The van der Waals surface area contributed by atoms with E-state index in [1.54, 1.807) is 6.07 Å². The fraction of sp³-hybridized carbons (Fsp3) is 0.500. The number of carbonyl (C=O) groups is 1. The largest absolute Gasteiger partial charge is 0.378 e. The van der Waals surface area contributed by atoms with Gasteiger partial charge in [-0.3, -0.25) is 4.79 Å². The van der Waals surface area contributed by atoms with E-state index in [9.17, 15) is 9.18 Å². The minimum Gasteiger partial charge on any atom is -0.378 e. The molecule has 5 heteroatoms. The fourth-order valence-electron chi connectivity index (χ4n) is 2.13. The Morgan fingerprint density at radius 1 is 1.42 bits per heavy atom. The Labute approximate surface area is 112 Å². The van der Waals surface area contributed by atoms with Crippen molar-refractivity contribution in [1.29, 1.82) is 0 Å². The molecular weight excluding hydrogens is 247 g/mol. The molecule has 1 aliphatic rings. The molecule has 1 heterocycles. The molecule has 0 atom stereocenters. The van der Waals surface area contributed by atoms with Gasteiger partial charge in [-0.25, -0.2) is 4.39 Å². The van der Waals surface area contributed by atoms with Crippen LogP contribution in [0.5, 0.6) is 0 Å². The van der Waals surface area contributed by atoms with E-state index in [0.29, 0.717) is 25.3 Å². The number of rotatable bonds is 4. The van der Waals surface area contributed by atoms with Crippen LogP contribution in [0.2, 0.25) is 0 Å². The van der Waals surface area contributed by atoms with Crippen molar-refractivity contribution in [2.45, 2.75) is 19.8 Å². The zero-order chi connectivity index (χ0) is 13.7. The van der Waals surface area contributed by atoms with E-state index in [0.717, 1.165) is 25.2 Å². The van der Waals surface area contributed by atoms with Gasteiger partial charge in [-0.2, -0.15) is 0 Å². The van der Waals surface area contributed by atoms with Gasteiger partial charge in [0.05, 0.1) is 24.6 Å². The predicted octanol–water partition coefficient (Wildman–Crippen LogP) is 2.40. The Kier molecular flexibility index (Phi) is 4.74. The SMILES string of the molecule is CCCC(=O)Nc1cc(F)ccc1N1CCOCC1. The smallest absolute Gasteiger partial charge is 0.224 e. The van der Waals surface area contributed by atoms with Crippen LogP contribution in [0.15, 0.2) is 18.2 Å². The second-order valence-corrected chi connectivity index (χ2v) is 4.56. The van der Waals surface area contributed by atoms with Crippen molar-refractivity contribution in [3.8, 4) is 0 Å². The number of benzene rings is 1. The summed E-state index contributed by atoms with van der Waals surface area (Å²) in [7, 11) is 0. The Hall–Kier alpha value is -1.62. The number of carbonyl (C=O) groups excluding carboxylic acids is 1. The van der Waals surface area contributed by atoms with Gasteiger partial charge >= 0.3 is 0 Å². The number of ether oxygens (including phenoxy) is 1. The van der Waals surface area contributed by atoms with E-state index >= 15 is 0 Å². The summed E-state index contributed by atoms with van der Waals surface area (Å²) in [6, 6.07) is 4.50. The normalized spacial score (nSPS) is 15.4. The maximum absolute atomic E-state index is 13.4. The van der Waals surface area contributed by atoms with Crippen LogP contribution in [0.3, 0.4) is 0 Å². The van der Waals surface area contributed by atoms with Crippen LogP contribution < -0.4 is 10.2 Å². The minimum atomic E-state index is -0.344. The number of morpholine rings is 1. The fourth-order valence-corrected chi connectivity index (χ4v) is 2.13. The van der Waals surface area contributed by atoms with Gasteiger partial charge in [-0.05, 0) is 24.6 Å². The topological polar surface area (TPSA) is 41.6 Å². The quantitative estimate of drug-likeness (QED) is 0.910. The molecule has 0 spiro atoms. The molecule has 0 bridgehead atoms. The van der Waals surface area contributed by atoms with Crippen molar-refractivity contribution in [2.75, 3.05) is 36.5 Å². The number of hydrogen-bond donors (Lipinski definition) is 1. The van der Waals surface area contributed by atoms with E-state index in [1.807, 2.05) is 6.92 Å². The molecule has 1 aliphatic heterocycles. The van der Waals surface area contributed by atoms with Crippen LogP contribution in [0.4, 0.5) is 15.8 Å². The van der Waals surface area contributed by atoms with E-state index in [2.05, 4.69) is 10.2 Å². The zero-order valence-electron chi connectivity index (χ0n) is 11.1. The lowest BCUT2D eigenvalue weighted by Crippen LogP contribution is -2.36. The highest BCUT2D eigenvalue weighted by Crippen LogP contribution is 2.27. The average Bonchev–Trinajstić information content (AvgIpc) is 2.40. The molecule has 1 amide bonds. The summed E-state index contributed by atoms with van der Waals surface area (Å²) >= 11 is 0. The van der Waals surface area contributed by atoms with Gasteiger partial charge in [0.1, 0.15) is 5.82 Å². The summed E-state index contributed by atoms with van der Waals surface area (Å²) in [6.07, 6.45) is 1.22. The molecule has 2 rings (SSSR count). The standard InChI is InChI=1S/C14H19FN2O2/c1-2-3-14(18)16-12-10-11(15)4-5-13(12)17-6-8-19-9-7-17/h4-5,10H,2-3,6-9H2,1H3,(H,16,18). The van der Waals surface area contributed by atoms with Crippen LogP contribution in [-0.2, 0) is 9.53 Å². The number of amides is 1. The summed E-state index contributed by atoms with van der Waals surface area (Å²) in [6.45, 7) is 4.75. The van der Waals surface area contributed by atoms with Gasteiger partial charge in [-0.1, -0.05) is 6.92 Å². The highest BCUT2D eigenvalue weighted by molar-refractivity contribution is 5.94. The molecule has 1 saturated heterocycles. The zero-order valence-corrected chi connectivity index (χ0v) is 11.1. The van der Waals surface area contributed by atoms with Crippen molar-refractivity contribution in [3.05, 3.63) is 24.0 Å². The first-order valence-electron chi connectivity index (χ1n) is 6.63. The Bertz CT molecular complexity index is 445. The molecule has 104 valence electrons. The Morgan fingerprint density at radius 3 is 2.84 bits per heavy atom. The summed E-state index contributed by atoms with van der Waals surface area (Å²) in [5, 5.41) is 2.79. The Balaban J connectivity index is 2.19. The van der Waals surface area contributed by atoms with Crippen LogP contribution >= 0.6 is 0 Å². The molecule has 0 aromatic heterocycles. The highest BCUT2D eigenvalue weighted by atomic mass is 19.1. The van der Waals surface area contributed by atoms with Crippen molar-refractivity contribution in [2.24, 2.45) is 0 Å². The maximum Gasteiger partial charge on any atom is 0.224 e. The van der Waals surface area contributed by atoms with E-state index < -0.39 is 0 Å². The van der Waals surface area contributed by atoms with Crippen LogP contribution in [0.1, 0.15) is 19.8 Å². The minimum absolute atomic E-state index is 0.0809. The lowest BCUT2D eigenvalue weighted by atomic mass is 10.2. The third-order valence-electron chi connectivity index (χ3n) is 3.06. The van der Waals surface area contributed by atoms with Crippen LogP contribution in [0.25, 0.3) is 0 Å². The second-order valence-electron chi connectivity index (χ2n) is 4.56. The van der Waals surface area contributed by atoms with Crippen LogP contribution in [-0.4, -0.2) is 32.2 Å². The molecule has 1 aromatic carbocycles. The molecule has 0 saturated carbocycles. The van der Waals surface area contributed by atoms with E-state index in [4.69, 9.17) is 4.74 Å².